The second-order valence-electron chi connectivity index (χ2n) is 5.95. The number of hydrogen-bond acceptors (Lipinski definition) is 6. The third kappa shape index (κ3) is 3.45. The van der Waals surface area contributed by atoms with E-state index in [1.807, 2.05) is 24.3 Å². The van der Waals surface area contributed by atoms with Crippen LogP contribution in [0.5, 0.6) is 0 Å². The fourth-order valence-corrected chi connectivity index (χ4v) is 4.59. The molecule has 0 spiro atoms. The molecule has 0 saturated heterocycles. The van der Waals surface area contributed by atoms with Gasteiger partial charge in [0.15, 0.2) is 0 Å². The number of fused-ring (bicyclic) bond motifs is 1. The SMILES string of the molecule is CN(C)S(=O)(=O)n1cnc(S(=O)(=O)NC2CCCc3ccccc32)n1. The molecule has 9 nitrogen and oxygen atoms in total. The van der Waals surface area contributed by atoms with Crippen LogP contribution in [-0.4, -0.2) is 49.4 Å². The minimum absolute atomic E-state index is 0.382. The molecule has 1 heterocycles. The molecule has 3 rings (SSSR count). The summed E-state index contributed by atoms with van der Waals surface area (Å²) >= 11 is 0. The third-order valence-electron chi connectivity index (χ3n) is 4.06. The van der Waals surface area contributed by atoms with Crippen molar-refractivity contribution in [3.63, 3.8) is 0 Å². The zero-order valence-corrected chi connectivity index (χ0v) is 15.5. The van der Waals surface area contributed by atoms with Gasteiger partial charge in [0, 0.05) is 20.1 Å². The quantitative estimate of drug-likeness (QED) is 0.791. The van der Waals surface area contributed by atoms with Crippen LogP contribution < -0.4 is 4.72 Å². The smallest absolute Gasteiger partial charge is 0.204 e. The number of sulfonamides is 1. The molecule has 1 aliphatic carbocycles. The van der Waals surface area contributed by atoms with Crippen LogP contribution in [-0.2, 0) is 26.7 Å². The maximum Gasteiger partial charge on any atom is 0.323 e. The van der Waals surface area contributed by atoms with Gasteiger partial charge in [-0.1, -0.05) is 24.3 Å². The Morgan fingerprint density at radius 3 is 2.64 bits per heavy atom. The van der Waals surface area contributed by atoms with Crippen molar-refractivity contribution in [1.29, 1.82) is 0 Å². The molecule has 1 aliphatic rings. The van der Waals surface area contributed by atoms with Crippen LogP contribution in [0, 0.1) is 0 Å². The van der Waals surface area contributed by atoms with Crippen molar-refractivity contribution in [2.45, 2.75) is 30.5 Å². The first-order valence-electron chi connectivity index (χ1n) is 7.66. The van der Waals surface area contributed by atoms with E-state index in [2.05, 4.69) is 14.8 Å². The van der Waals surface area contributed by atoms with Crippen LogP contribution in [0.2, 0.25) is 0 Å². The molecule has 0 saturated carbocycles. The van der Waals surface area contributed by atoms with Crippen molar-refractivity contribution in [2.75, 3.05) is 14.1 Å². The van der Waals surface area contributed by atoms with Gasteiger partial charge in [-0.3, -0.25) is 0 Å². The molecule has 0 fully saturated rings. The number of hydrogen-bond donors (Lipinski definition) is 1. The largest absolute Gasteiger partial charge is 0.323 e. The minimum atomic E-state index is -4.04. The maximum atomic E-state index is 12.6. The van der Waals surface area contributed by atoms with E-state index in [4.69, 9.17) is 0 Å². The number of nitrogens with zero attached hydrogens (tertiary/aromatic N) is 4. The summed E-state index contributed by atoms with van der Waals surface area (Å²) in [5.74, 6) is 0. The van der Waals surface area contributed by atoms with Crippen molar-refractivity contribution in [3.05, 3.63) is 41.7 Å². The highest BCUT2D eigenvalue weighted by molar-refractivity contribution is 7.89. The normalized spacial score (nSPS) is 18.3. The van der Waals surface area contributed by atoms with Crippen molar-refractivity contribution < 1.29 is 16.8 Å². The average molecular weight is 385 g/mol. The molecule has 1 atom stereocenters. The first-order valence-corrected chi connectivity index (χ1v) is 10.5. The van der Waals surface area contributed by atoms with E-state index in [0.29, 0.717) is 10.5 Å². The lowest BCUT2D eigenvalue weighted by atomic mass is 9.88. The molecule has 11 heteroatoms. The first kappa shape index (κ1) is 18.0. The standard InChI is InChI=1S/C14H19N5O4S2/c1-18(2)25(22,23)19-10-15-14(16-19)24(20,21)17-13-9-5-7-11-6-3-4-8-12(11)13/h3-4,6,8,10,13,17H,5,7,9H2,1-2H3. The highest BCUT2D eigenvalue weighted by atomic mass is 32.2. The lowest BCUT2D eigenvalue weighted by Crippen LogP contribution is -2.32. The van der Waals surface area contributed by atoms with Gasteiger partial charge in [-0.15, -0.1) is 9.19 Å². The highest BCUT2D eigenvalue weighted by Crippen LogP contribution is 2.30. The second kappa shape index (κ2) is 6.48. The molecular weight excluding hydrogens is 366 g/mol. The molecule has 1 aromatic heterocycles. The number of benzene rings is 1. The fourth-order valence-electron chi connectivity index (χ4n) is 2.75. The van der Waals surface area contributed by atoms with E-state index in [1.165, 1.54) is 14.1 Å². The summed E-state index contributed by atoms with van der Waals surface area (Å²) in [5, 5.41) is 3.05. The van der Waals surface area contributed by atoms with E-state index < -0.39 is 25.4 Å². The predicted octanol–water partition coefficient (Wildman–Crippen LogP) is 0.288. The van der Waals surface area contributed by atoms with Crippen LogP contribution in [0.1, 0.15) is 30.0 Å². The van der Waals surface area contributed by atoms with Crippen LogP contribution in [0.15, 0.2) is 35.7 Å². The molecule has 0 aliphatic heterocycles. The number of aryl methyl sites for hydroxylation is 1. The van der Waals surface area contributed by atoms with E-state index >= 15 is 0 Å². The second-order valence-corrected chi connectivity index (χ2v) is 9.56. The molecule has 1 aromatic carbocycles. The van der Waals surface area contributed by atoms with Gasteiger partial charge in [0.2, 0.25) is 0 Å². The van der Waals surface area contributed by atoms with E-state index in [1.54, 1.807) is 0 Å². The zero-order valence-electron chi connectivity index (χ0n) is 13.8. The molecular formula is C14H19N5O4S2. The van der Waals surface area contributed by atoms with Gasteiger partial charge in [-0.25, -0.2) is 18.1 Å². The lowest BCUT2D eigenvalue weighted by Gasteiger charge is -2.25. The monoisotopic (exact) mass is 385 g/mol. The maximum absolute atomic E-state index is 12.6. The summed E-state index contributed by atoms with van der Waals surface area (Å²) in [6.07, 6.45) is 3.30. The fraction of sp³-hybridized carbons (Fsp3) is 0.429. The summed E-state index contributed by atoms with van der Waals surface area (Å²) in [6, 6.07) is 7.27. The van der Waals surface area contributed by atoms with E-state index in [-0.39, 0.29) is 6.04 Å². The summed E-state index contributed by atoms with van der Waals surface area (Å²) in [6.45, 7) is 0. The van der Waals surface area contributed by atoms with Gasteiger partial charge in [0.1, 0.15) is 6.33 Å². The van der Waals surface area contributed by atoms with Crippen LogP contribution in [0.3, 0.4) is 0 Å². The molecule has 25 heavy (non-hydrogen) atoms. The Morgan fingerprint density at radius 2 is 1.92 bits per heavy atom. The molecule has 1 N–H and O–H groups in total. The van der Waals surface area contributed by atoms with Crippen molar-refractivity contribution >= 4 is 20.2 Å². The van der Waals surface area contributed by atoms with Crippen LogP contribution in [0.4, 0.5) is 0 Å². The van der Waals surface area contributed by atoms with Crippen LogP contribution in [0.25, 0.3) is 0 Å². The van der Waals surface area contributed by atoms with Crippen molar-refractivity contribution in [2.24, 2.45) is 0 Å². The summed E-state index contributed by atoms with van der Waals surface area (Å²) in [4.78, 5) is 3.65. The van der Waals surface area contributed by atoms with Gasteiger partial charge in [0.25, 0.3) is 15.2 Å². The molecule has 136 valence electrons. The zero-order chi connectivity index (χ0) is 18.2. The first-order chi connectivity index (χ1) is 11.7. The molecule has 2 aromatic rings. The van der Waals surface area contributed by atoms with Gasteiger partial charge in [0.05, 0.1) is 0 Å². The average Bonchev–Trinajstić information content (AvgIpc) is 3.06. The Morgan fingerprint density at radius 1 is 1.20 bits per heavy atom. The van der Waals surface area contributed by atoms with Crippen molar-refractivity contribution in [3.8, 4) is 0 Å². The van der Waals surface area contributed by atoms with Gasteiger partial charge < -0.3 is 0 Å². The van der Waals surface area contributed by atoms with Crippen LogP contribution >= 0.6 is 0 Å². The number of nitrogens with one attached hydrogen (secondary N) is 1. The molecule has 1 unspecified atom stereocenters. The Bertz CT molecular complexity index is 982. The Hall–Kier alpha value is -1.82. The van der Waals surface area contributed by atoms with Gasteiger partial charge >= 0.3 is 10.2 Å². The van der Waals surface area contributed by atoms with E-state index in [9.17, 15) is 16.8 Å². The van der Waals surface area contributed by atoms with Gasteiger partial charge in [-0.2, -0.15) is 12.7 Å². The summed E-state index contributed by atoms with van der Waals surface area (Å²) < 4.78 is 53.2. The molecule has 0 radical (unpaired) electrons. The van der Waals surface area contributed by atoms with E-state index in [0.717, 1.165) is 34.6 Å². The number of rotatable bonds is 5. The minimum Gasteiger partial charge on any atom is -0.204 e. The Kier molecular flexibility index (Phi) is 4.66. The Labute approximate surface area is 146 Å². The summed E-state index contributed by atoms with van der Waals surface area (Å²) in [7, 11) is -5.31. The highest BCUT2D eigenvalue weighted by Gasteiger charge is 2.29. The predicted molar refractivity (Wildman–Crippen MR) is 90.5 cm³/mol. The van der Waals surface area contributed by atoms with Gasteiger partial charge in [-0.05, 0) is 30.4 Å². The molecule has 0 bridgehead atoms. The number of aromatic nitrogens is 3. The van der Waals surface area contributed by atoms with Crippen molar-refractivity contribution in [1.82, 2.24) is 23.2 Å². The lowest BCUT2D eigenvalue weighted by molar-refractivity contribution is 0.497. The Balaban J connectivity index is 1.88. The molecule has 0 amide bonds. The third-order valence-corrected chi connectivity index (χ3v) is 6.89. The topological polar surface area (TPSA) is 114 Å². The summed E-state index contributed by atoms with van der Waals surface area (Å²) in [5.41, 5.74) is 2.03.